The Balaban J connectivity index is 2.04. The van der Waals surface area contributed by atoms with Crippen LogP contribution >= 0.6 is 25.3 Å². The molecule has 0 aliphatic heterocycles. The summed E-state index contributed by atoms with van der Waals surface area (Å²) in [5, 5.41) is 0. The summed E-state index contributed by atoms with van der Waals surface area (Å²) in [5.74, 6) is 2.91. The largest absolute Gasteiger partial charge is 0.157 e. The van der Waals surface area contributed by atoms with E-state index in [2.05, 4.69) is 49.6 Å². The van der Waals surface area contributed by atoms with Gasteiger partial charge in [-0.25, -0.2) is 0 Å². The molecule has 3 aliphatic rings. The molecule has 1 fully saturated rings. The van der Waals surface area contributed by atoms with Crippen LogP contribution in [-0.4, -0.2) is 4.08 Å². The van der Waals surface area contributed by atoms with Crippen LogP contribution in [0.2, 0.25) is 0 Å². The third-order valence-electron chi connectivity index (χ3n) is 3.57. The van der Waals surface area contributed by atoms with E-state index in [0.717, 1.165) is 17.8 Å². The van der Waals surface area contributed by atoms with Crippen molar-refractivity contribution in [2.24, 2.45) is 23.7 Å². The first-order valence-electron chi connectivity index (χ1n) is 4.51. The fraction of sp³-hybridized carbons (Fsp3) is 0.600. The molecule has 0 nitrogen and oxygen atoms in total. The van der Waals surface area contributed by atoms with Crippen LogP contribution in [0.25, 0.3) is 0 Å². The second kappa shape index (κ2) is 2.16. The van der Waals surface area contributed by atoms with Gasteiger partial charge in [-0.2, -0.15) is 25.3 Å². The summed E-state index contributed by atoms with van der Waals surface area (Å²) < 4.78 is -0.144. The molecule has 0 spiro atoms. The van der Waals surface area contributed by atoms with Crippen LogP contribution in [0.3, 0.4) is 0 Å². The van der Waals surface area contributed by atoms with Gasteiger partial charge in [0.05, 0.1) is 4.08 Å². The minimum Gasteiger partial charge on any atom is -0.157 e. The van der Waals surface area contributed by atoms with Gasteiger partial charge in [-0.3, -0.25) is 0 Å². The Bertz CT molecular complexity index is 278. The standard InChI is InChI=1S/C10H12S2/c11-10(12)4-3-8-6-1-2-7(5-6)9(8)10/h1-4,6-9,11-12H,5H2. The number of rotatable bonds is 0. The highest BCUT2D eigenvalue weighted by Crippen LogP contribution is 2.59. The van der Waals surface area contributed by atoms with Gasteiger partial charge in [-0.15, -0.1) is 0 Å². The lowest BCUT2D eigenvalue weighted by molar-refractivity contribution is 0.393. The van der Waals surface area contributed by atoms with E-state index >= 15 is 0 Å². The Morgan fingerprint density at radius 1 is 1.08 bits per heavy atom. The first-order chi connectivity index (χ1) is 5.68. The monoisotopic (exact) mass is 196 g/mol. The zero-order chi connectivity index (χ0) is 8.34. The minimum atomic E-state index is -0.144. The molecule has 4 unspecified atom stereocenters. The van der Waals surface area contributed by atoms with Crippen molar-refractivity contribution in [3.05, 3.63) is 24.3 Å². The smallest absolute Gasteiger partial charge is 0.0772 e. The van der Waals surface area contributed by atoms with E-state index in [1.54, 1.807) is 0 Å². The molecule has 0 saturated heterocycles. The molecule has 4 atom stereocenters. The van der Waals surface area contributed by atoms with Gasteiger partial charge in [0.2, 0.25) is 0 Å². The van der Waals surface area contributed by atoms with Crippen LogP contribution in [0.4, 0.5) is 0 Å². The van der Waals surface area contributed by atoms with Gasteiger partial charge in [0, 0.05) is 0 Å². The van der Waals surface area contributed by atoms with Crippen LogP contribution < -0.4 is 0 Å². The number of fused-ring (bicyclic) bond motifs is 5. The van der Waals surface area contributed by atoms with E-state index in [1.807, 2.05) is 0 Å². The average molecular weight is 196 g/mol. The maximum absolute atomic E-state index is 4.60. The van der Waals surface area contributed by atoms with Crippen molar-refractivity contribution in [3.8, 4) is 0 Å². The SMILES string of the molecule is SC1(S)C=CC2C3C=CC(C3)C21. The third-order valence-corrected chi connectivity index (χ3v) is 4.47. The highest BCUT2D eigenvalue weighted by molar-refractivity contribution is 8.00. The van der Waals surface area contributed by atoms with Gasteiger partial charge in [0.15, 0.2) is 0 Å². The highest BCUT2D eigenvalue weighted by atomic mass is 32.2. The zero-order valence-electron chi connectivity index (χ0n) is 6.72. The lowest BCUT2D eigenvalue weighted by Gasteiger charge is -2.30. The molecule has 0 N–H and O–H groups in total. The maximum atomic E-state index is 4.60. The fourth-order valence-electron chi connectivity index (χ4n) is 3.08. The van der Waals surface area contributed by atoms with E-state index in [-0.39, 0.29) is 4.08 Å². The molecule has 64 valence electrons. The van der Waals surface area contributed by atoms with E-state index in [0.29, 0.717) is 5.92 Å². The Hall–Kier alpha value is 0.180. The molecule has 3 rings (SSSR count). The summed E-state index contributed by atoms with van der Waals surface area (Å²) in [5.41, 5.74) is 0. The van der Waals surface area contributed by atoms with Crippen molar-refractivity contribution in [1.29, 1.82) is 0 Å². The van der Waals surface area contributed by atoms with Crippen molar-refractivity contribution in [1.82, 2.24) is 0 Å². The van der Waals surface area contributed by atoms with Crippen LogP contribution in [0.1, 0.15) is 6.42 Å². The van der Waals surface area contributed by atoms with Gasteiger partial charge < -0.3 is 0 Å². The summed E-state index contributed by atoms with van der Waals surface area (Å²) in [6.07, 6.45) is 10.6. The molecule has 0 radical (unpaired) electrons. The summed E-state index contributed by atoms with van der Waals surface area (Å²) >= 11 is 9.20. The van der Waals surface area contributed by atoms with Crippen LogP contribution in [0.15, 0.2) is 24.3 Å². The number of allylic oxidation sites excluding steroid dienone is 3. The lowest BCUT2D eigenvalue weighted by atomic mass is 9.85. The molecule has 0 aromatic carbocycles. The van der Waals surface area contributed by atoms with E-state index in [1.165, 1.54) is 6.42 Å². The molecule has 0 heterocycles. The summed E-state index contributed by atoms with van der Waals surface area (Å²) in [4.78, 5) is 0. The van der Waals surface area contributed by atoms with Gasteiger partial charge in [-0.05, 0) is 30.1 Å². The summed E-state index contributed by atoms with van der Waals surface area (Å²) in [6, 6.07) is 0. The Labute approximate surface area is 83.9 Å². The zero-order valence-corrected chi connectivity index (χ0v) is 8.51. The topological polar surface area (TPSA) is 0 Å². The second-order valence-electron chi connectivity index (χ2n) is 4.19. The minimum absolute atomic E-state index is 0.144. The molecular weight excluding hydrogens is 184 g/mol. The Morgan fingerprint density at radius 3 is 2.58 bits per heavy atom. The Kier molecular flexibility index (Phi) is 1.36. The van der Waals surface area contributed by atoms with Crippen molar-refractivity contribution in [2.75, 3.05) is 0 Å². The predicted molar refractivity (Wildman–Crippen MR) is 57.6 cm³/mol. The first-order valence-corrected chi connectivity index (χ1v) is 5.40. The Morgan fingerprint density at radius 2 is 1.83 bits per heavy atom. The normalized spacial score (nSPS) is 51.8. The van der Waals surface area contributed by atoms with E-state index < -0.39 is 0 Å². The van der Waals surface area contributed by atoms with E-state index in [9.17, 15) is 0 Å². The maximum Gasteiger partial charge on any atom is 0.0772 e. The summed E-state index contributed by atoms with van der Waals surface area (Å²) in [6.45, 7) is 0. The predicted octanol–water partition coefficient (Wildman–Crippen LogP) is 2.55. The van der Waals surface area contributed by atoms with Gasteiger partial charge >= 0.3 is 0 Å². The van der Waals surface area contributed by atoms with Crippen molar-refractivity contribution >= 4 is 25.3 Å². The van der Waals surface area contributed by atoms with Crippen LogP contribution in [0, 0.1) is 23.7 Å². The van der Waals surface area contributed by atoms with Crippen LogP contribution in [-0.2, 0) is 0 Å². The number of hydrogen-bond donors (Lipinski definition) is 2. The average Bonchev–Trinajstić information content (AvgIpc) is 2.61. The molecule has 0 amide bonds. The van der Waals surface area contributed by atoms with Gasteiger partial charge in [-0.1, -0.05) is 24.3 Å². The quantitative estimate of drug-likeness (QED) is 0.332. The second-order valence-corrected chi connectivity index (χ2v) is 6.03. The number of thiol groups is 2. The molecule has 0 aromatic rings. The van der Waals surface area contributed by atoms with Gasteiger partial charge in [0.1, 0.15) is 0 Å². The van der Waals surface area contributed by atoms with Crippen molar-refractivity contribution in [2.45, 2.75) is 10.5 Å². The van der Waals surface area contributed by atoms with Crippen LogP contribution in [0.5, 0.6) is 0 Å². The number of hydrogen-bond acceptors (Lipinski definition) is 2. The van der Waals surface area contributed by atoms with E-state index in [4.69, 9.17) is 0 Å². The molecule has 2 bridgehead atoms. The first kappa shape index (κ1) is 7.57. The third kappa shape index (κ3) is 0.779. The fourth-order valence-corrected chi connectivity index (χ4v) is 3.98. The highest BCUT2D eigenvalue weighted by Gasteiger charge is 2.52. The molecule has 1 saturated carbocycles. The molecule has 12 heavy (non-hydrogen) atoms. The lowest BCUT2D eigenvalue weighted by Crippen LogP contribution is -2.28. The van der Waals surface area contributed by atoms with Crippen molar-refractivity contribution < 1.29 is 0 Å². The molecule has 0 aromatic heterocycles. The molecular formula is C10H12S2. The van der Waals surface area contributed by atoms with Gasteiger partial charge in [0.25, 0.3) is 0 Å². The molecule has 3 aliphatic carbocycles. The summed E-state index contributed by atoms with van der Waals surface area (Å²) in [7, 11) is 0. The molecule has 2 heteroatoms. The van der Waals surface area contributed by atoms with Crippen molar-refractivity contribution in [3.63, 3.8) is 0 Å².